The quantitative estimate of drug-likeness (QED) is 0.624. The molecule has 2 aromatic rings. The highest BCUT2D eigenvalue weighted by Crippen LogP contribution is 2.19. The van der Waals surface area contributed by atoms with Gasteiger partial charge in [0.05, 0.1) is 18.4 Å². The van der Waals surface area contributed by atoms with Gasteiger partial charge in [0.25, 0.3) is 0 Å². The molecule has 0 N–H and O–H groups in total. The lowest BCUT2D eigenvalue weighted by atomic mass is 10.1. The molecule has 4 nitrogen and oxygen atoms in total. The van der Waals surface area contributed by atoms with Crippen LogP contribution in [0.5, 0.6) is 0 Å². The van der Waals surface area contributed by atoms with Gasteiger partial charge in [-0.3, -0.25) is 0 Å². The fourth-order valence-electron chi connectivity index (χ4n) is 2.02. The van der Waals surface area contributed by atoms with Crippen molar-refractivity contribution in [2.75, 3.05) is 7.05 Å². The maximum Gasteiger partial charge on any atom is 0.156 e. The van der Waals surface area contributed by atoms with Crippen LogP contribution in [-0.4, -0.2) is 29.6 Å². The van der Waals surface area contributed by atoms with Crippen LogP contribution in [0.25, 0.3) is 0 Å². The minimum absolute atomic E-state index is 0.742. The van der Waals surface area contributed by atoms with E-state index in [9.17, 15) is 0 Å². The number of aliphatic imine (C=N–C) groups is 2. The Morgan fingerprint density at radius 2 is 1.64 bits per heavy atom. The molecule has 0 spiro atoms. The normalized spacial score (nSPS) is 11.5. The minimum atomic E-state index is 0.742. The number of benzene rings is 1. The highest BCUT2D eigenvalue weighted by atomic mass is 15.2. The Morgan fingerprint density at radius 3 is 2.36 bits per heavy atom. The topological polar surface area (TPSA) is 40.9 Å². The average molecular weight is 294 g/mol. The molecule has 0 saturated carbocycles. The molecule has 4 heteroatoms. The zero-order valence-electron chi connectivity index (χ0n) is 13.8. The highest BCUT2D eigenvalue weighted by Gasteiger charge is 1.98. The SMILES string of the molecule is Cc1ccc(N=CN(C)C=Nc2nc(C)ccc2C)c(C)c1. The zero-order valence-corrected chi connectivity index (χ0v) is 13.8. The molecule has 0 aliphatic rings. The van der Waals surface area contributed by atoms with Crippen LogP contribution in [0.1, 0.15) is 22.4 Å². The van der Waals surface area contributed by atoms with Gasteiger partial charge in [0.1, 0.15) is 0 Å². The molecule has 0 radical (unpaired) electrons. The van der Waals surface area contributed by atoms with Gasteiger partial charge in [0.2, 0.25) is 0 Å². The highest BCUT2D eigenvalue weighted by molar-refractivity contribution is 5.78. The van der Waals surface area contributed by atoms with Crippen LogP contribution in [0.4, 0.5) is 11.5 Å². The molecular weight excluding hydrogens is 272 g/mol. The van der Waals surface area contributed by atoms with Crippen LogP contribution < -0.4 is 0 Å². The van der Waals surface area contributed by atoms with Crippen molar-refractivity contribution in [2.45, 2.75) is 27.7 Å². The van der Waals surface area contributed by atoms with Crippen LogP contribution in [0.15, 0.2) is 40.3 Å². The number of pyridine rings is 1. The van der Waals surface area contributed by atoms with E-state index in [0.29, 0.717) is 0 Å². The van der Waals surface area contributed by atoms with E-state index >= 15 is 0 Å². The summed E-state index contributed by atoms with van der Waals surface area (Å²) in [4.78, 5) is 15.1. The second-order valence-corrected chi connectivity index (χ2v) is 5.54. The van der Waals surface area contributed by atoms with Gasteiger partial charge in [0, 0.05) is 12.7 Å². The van der Waals surface area contributed by atoms with Gasteiger partial charge in [-0.05, 0) is 51.0 Å². The summed E-state index contributed by atoms with van der Waals surface area (Å²) < 4.78 is 0. The fraction of sp³-hybridized carbons (Fsp3) is 0.278. The van der Waals surface area contributed by atoms with E-state index in [1.165, 1.54) is 5.56 Å². The smallest absolute Gasteiger partial charge is 0.156 e. The van der Waals surface area contributed by atoms with E-state index in [0.717, 1.165) is 28.3 Å². The van der Waals surface area contributed by atoms with Crippen molar-refractivity contribution in [3.63, 3.8) is 0 Å². The molecule has 1 heterocycles. The molecule has 1 aromatic carbocycles. The summed E-state index contributed by atoms with van der Waals surface area (Å²) >= 11 is 0. The van der Waals surface area contributed by atoms with E-state index in [1.807, 2.05) is 44.0 Å². The summed E-state index contributed by atoms with van der Waals surface area (Å²) in [5.74, 6) is 0.742. The molecular formula is C18H22N4. The summed E-state index contributed by atoms with van der Waals surface area (Å²) in [6.07, 6.45) is 3.48. The molecule has 0 saturated heterocycles. The van der Waals surface area contributed by atoms with E-state index in [2.05, 4.69) is 40.9 Å². The van der Waals surface area contributed by atoms with Gasteiger partial charge in [0.15, 0.2) is 5.82 Å². The first-order valence-electron chi connectivity index (χ1n) is 7.27. The third-order valence-electron chi connectivity index (χ3n) is 3.30. The molecule has 0 bridgehead atoms. The van der Waals surface area contributed by atoms with Crippen LogP contribution in [-0.2, 0) is 0 Å². The van der Waals surface area contributed by atoms with E-state index in [-0.39, 0.29) is 0 Å². The average Bonchev–Trinajstić information content (AvgIpc) is 2.47. The second kappa shape index (κ2) is 6.98. The van der Waals surface area contributed by atoms with Crippen LogP contribution in [0.2, 0.25) is 0 Å². The summed E-state index contributed by atoms with van der Waals surface area (Å²) in [5, 5.41) is 0. The summed E-state index contributed by atoms with van der Waals surface area (Å²) in [6.45, 7) is 8.11. The predicted octanol–water partition coefficient (Wildman–Crippen LogP) is 4.27. The number of nitrogens with zero attached hydrogens (tertiary/aromatic N) is 4. The van der Waals surface area contributed by atoms with Crippen molar-refractivity contribution in [1.82, 2.24) is 9.88 Å². The van der Waals surface area contributed by atoms with Gasteiger partial charge >= 0.3 is 0 Å². The lowest BCUT2D eigenvalue weighted by Crippen LogP contribution is -2.12. The third kappa shape index (κ3) is 4.25. The maximum atomic E-state index is 4.49. The van der Waals surface area contributed by atoms with Crippen molar-refractivity contribution in [1.29, 1.82) is 0 Å². The second-order valence-electron chi connectivity index (χ2n) is 5.54. The number of hydrogen-bond acceptors (Lipinski definition) is 3. The van der Waals surface area contributed by atoms with Gasteiger partial charge in [-0.2, -0.15) is 0 Å². The Morgan fingerprint density at radius 1 is 0.909 bits per heavy atom. The van der Waals surface area contributed by atoms with Gasteiger partial charge in [-0.15, -0.1) is 0 Å². The van der Waals surface area contributed by atoms with Crippen molar-refractivity contribution in [3.05, 3.63) is 52.7 Å². The monoisotopic (exact) mass is 294 g/mol. The van der Waals surface area contributed by atoms with Crippen molar-refractivity contribution in [3.8, 4) is 0 Å². The molecule has 0 aliphatic heterocycles. The van der Waals surface area contributed by atoms with Crippen molar-refractivity contribution >= 4 is 24.2 Å². The molecule has 2 rings (SSSR count). The largest absolute Gasteiger partial charge is 0.326 e. The number of hydrogen-bond donors (Lipinski definition) is 0. The lowest BCUT2D eigenvalue weighted by Gasteiger charge is -2.07. The fourth-order valence-corrected chi connectivity index (χ4v) is 2.02. The van der Waals surface area contributed by atoms with Gasteiger partial charge in [-0.25, -0.2) is 15.0 Å². The predicted molar refractivity (Wildman–Crippen MR) is 93.7 cm³/mol. The van der Waals surface area contributed by atoms with E-state index in [1.54, 1.807) is 12.7 Å². The Kier molecular flexibility index (Phi) is 5.04. The summed E-state index contributed by atoms with van der Waals surface area (Å²) in [5.41, 5.74) is 5.40. The van der Waals surface area contributed by atoms with Gasteiger partial charge < -0.3 is 4.90 Å². The Labute approximate surface area is 132 Å². The number of aryl methyl sites for hydroxylation is 4. The van der Waals surface area contributed by atoms with Crippen molar-refractivity contribution in [2.24, 2.45) is 9.98 Å². The molecule has 1 aromatic heterocycles. The first-order chi connectivity index (χ1) is 10.5. The lowest BCUT2D eigenvalue weighted by molar-refractivity contribution is 0.800. The Bertz CT molecular complexity index is 717. The number of rotatable bonds is 4. The first kappa shape index (κ1) is 15.9. The molecule has 114 valence electrons. The van der Waals surface area contributed by atoms with E-state index in [4.69, 9.17) is 0 Å². The van der Waals surface area contributed by atoms with Crippen LogP contribution >= 0.6 is 0 Å². The molecule has 0 unspecified atom stereocenters. The number of aromatic nitrogens is 1. The standard InChI is InChI=1S/C18H22N4/c1-13-6-9-17(15(3)10-13)19-11-22(5)12-20-18-14(2)7-8-16(4)21-18/h6-12H,1-5H3. The molecule has 0 atom stereocenters. The third-order valence-corrected chi connectivity index (χ3v) is 3.30. The maximum absolute atomic E-state index is 4.49. The van der Waals surface area contributed by atoms with E-state index < -0.39 is 0 Å². The molecule has 0 amide bonds. The zero-order chi connectivity index (χ0) is 16.1. The first-order valence-corrected chi connectivity index (χ1v) is 7.27. The minimum Gasteiger partial charge on any atom is -0.326 e. The Balaban J connectivity index is 2.09. The van der Waals surface area contributed by atoms with Crippen molar-refractivity contribution < 1.29 is 0 Å². The van der Waals surface area contributed by atoms with Crippen LogP contribution in [0.3, 0.4) is 0 Å². The molecule has 0 aliphatic carbocycles. The molecule has 22 heavy (non-hydrogen) atoms. The van der Waals surface area contributed by atoms with Gasteiger partial charge in [-0.1, -0.05) is 23.8 Å². The molecule has 0 fully saturated rings. The summed E-state index contributed by atoms with van der Waals surface area (Å²) in [7, 11) is 1.90. The summed E-state index contributed by atoms with van der Waals surface area (Å²) in [6, 6.07) is 10.2. The van der Waals surface area contributed by atoms with Crippen LogP contribution in [0, 0.1) is 27.7 Å². The Hall–Kier alpha value is -2.49.